The first-order chi connectivity index (χ1) is 17.5. The van der Waals surface area contributed by atoms with E-state index in [1.54, 1.807) is 0 Å². The molecule has 0 fully saturated rings. The molecule has 0 unspecified atom stereocenters. The average molecular weight is 466 g/mol. The second-order valence-corrected chi connectivity index (χ2v) is 8.06. The molecule has 0 N–H and O–H groups in total. The maximum Gasteiger partial charge on any atom is 0.158 e. The third kappa shape index (κ3) is 3.31. The minimum atomic E-state index is -0.867. The van der Waals surface area contributed by atoms with Crippen LogP contribution in [0, 0.1) is 57.0 Å². The summed E-state index contributed by atoms with van der Waals surface area (Å²) in [7, 11) is 0. The van der Waals surface area contributed by atoms with E-state index in [-0.39, 0.29) is 22.3 Å². The van der Waals surface area contributed by atoms with Crippen molar-refractivity contribution >= 4 is 21.5 Å². The Morgan fingerprint density at radius 1 is 0.444 bits per heavy atom. The second-order valence-electron chi connectivity index (χ2n) is 8.06. The standard InChI is InChI=1S/C30H12F2N4/c31-29-19(13-33)9-17(10-20(29)14-34)27-23-5-1-2-6-24(23)28(26-8-4-3-7-25(26)27)18-11-21(15-35)30(32)22(12-18)16-36/h1-12H. The van der Waals surface area contributed by atoms with E-state index in [0.717, 1.165) is 21.5 Å². The average Bonchev–Trinajstić information content (AvgIpc) is 2.92. The molecule has 0 heterocycles. The monoisotopic (exact) mass is 466 g/mol. The first-order valence-corrected chi connectivity index (χ1v) is 10.7. The number of fused-ring (bicyclic) bond motifs is 2. The normalized spacial score (nSPS) is 10.4. The molecule has 5 aromatic rings. The quantitative estimate of drug-likeness (QED) is 0.259. The van der Waals surface area contributed by atoms with Gasteiger partial charge >= 0.3 is 0 Å². The smallest absolute Gasteiger partial charge is 0.158 e. The van der Waals surface area contributed by atoms with Crippen molar-refractivity contribution in [3.8, 4) is 46.5 Å². The SMILES string of the molecule is N#Cc1cc(-c2c3ccccc3c(-c3cc(C#N)c(F)c(C#N)c3)c3ccccc23)cc(C#N)c1F. The van der Waals surface area contributed by atoms with Gasteiger partial charge in [-0.15, -0.1) is 0 Å². The fraction of sp³-hybridized carbons (Fsp3) is 0. The number of benzene rings is 5. The molecule has 166 valence electrons. The van der Waals surface area contributed by atoms with Crippen LogP contribution in [0.4, 0.5) is 8.78 Å². The van der Waals surface area contributed by atoms with E-state index in [1.165, 1.54) is 24.3 Å². The zero-order valence-electron chi connectivity index (χ0n) is 18.5. The van der Waals surface area contributed by atoms with Crippen molar-refractivity contribution in [3.63, 3.8) is 0 Å². The van der Waals surface area contributed by atoms with Gasteiger partial charge in [-0.2, -0.15) is 21.0 Å². The molecule has 5 aromatic carbocycles. The molecular weight excluding hydrogens is 454 g/mol. The van der Waals surface area contributed by atoms with Crippen LogP contribution in [0.3, 0.4) is 0 Å². The molecule has 0 aliphatic rings. The molecule has 5 rings (SSSR count). The van der Waals surface area contributed by atoms with E-state index in [0.29, 0.717) is 22.3 Å². The fourth-order valence-electron chi connectivity index (χ4n) is 4.61. The summed E-state index contributed by atoms with van der Waals surface area (Å²) in [6, 6.07) is 27.7. The lowest BCUT2D eigenvalue weighted by atomic mass is 9.84. The van der Waals surface area contributed by atoms with Gasteiger partial charge in [0, 0.05) is 0 Å². The highest BCUT2D eigenvalue weighted by Gasteiger charge is 2.20. The Morgan fingerprint density at radius 2 is 0.694 bits per heavy atom. The van der Waals surface area contributed by atoms with Gasteiger partial charge in [0.1, 0.15) is 24.3 Å². The molecule has 0 spiro atoms. The van der Waals surface area contributed by atoms with Crippen LogP contribution >= 0.6 is 0 Å². The highest BCUT2D eigenvalue weighted by molar-refractivity contribution is 6.21. The largest absolute Gasteiger partial charge is 0.204 e. The topological polar surface area (TPSA) is 95.2 Å². The van der Waals surface area contributed by atoms with Crippen molar-refractivity contribution in [1.82, 2.24) is 0 Å². The third-order valence-corrected chi connectivity index (χ3v) is 6.14. The van der Waals surface area contributed by atoms with E-state index < -0.39 is 11.6 Å². The lowest BCUT2D eigenvalue weighted by Crippen LogP contribution is -1.96. The molecule has 0 amide bonds. The maximum atomic E-state index is 14.5. The van der Waals surface area contributed by atoms with Gasteiger partial charge in [0.25, 0.3) is 0 Å². The van der Waals surface area contributed by atoms with Gasteiger partial charge in [0.05, 0.1) is 22.3 Å². The number of nitrogens with zero attached hydrogens (tertiary/aromatic N) is 4. The molecule has 0 bridgehead atoms. The van der Waals surface area contributed by atoms with Gasteiger partial charge in [-0.3, -0.25) is 0 Å². The Hall–Kier alpha value is -5.56. The van der Waals surface area contributed by atoms with Crippen molar-refractivity contribution in [2.45, 2.75) is 0 Å². The summed E-state index contributed by atoms with van der Waals surface area (Å²) in [5.41, 5.74) is 1.43. The predicted molar refractivity (Wildman–Crippen MR) is 131 cm³/mol. The van der Waals surface area contributed by atoms with Crippen molar-refractivity contribution in [3.05, 3.63) is 107 Å². The number of rotatable bonds is 2. The van der Waals surface area contributed by atoms with Gasteiger partial charge < -0.3 is 0 Å². The van der Waals surface area contributed by atoms with Gasteiger partial charge in [-0.25, -0.2) is 8.78 Å². The third-order valence-electron chi connectivity index (χ3n) is 6.14. The van der Waals surface area contributed by atoms with Crippen LogP contribution in [0.15, 0.2) is 72.8 Å². The zero-order chi connectivity index (χ0) is 25.4. The fourth-order valence-corrected chi connectivity index (χ4v) is 4.61. The van der Waals surface area contributed by atoms with Crippen molar-refractivity contribution in [2.75, 3.05) is 0 Å². The Kier molecular flexibility index (Phi) is 5.35. The Bertz CT molecular complexity index is 1650. The number of halogens is 2. The number of nitriles is 4. The van der Waals surface area contributed by atoms with E-state index in [9.17, 15) is 29.8 Å². The Morgan fingerprint density at radius 3 is 0.917 bits per heavy atom. The number of hydrogen-bond donors (Lipinski definition) is 0. The van der Waals surface area contributed by atoms with Crippen LogP contribution < -0.4 is 0 Å². The highest BCUT2D eigenvalue weighted by Crippen LogP contribution is 2.44. The Labute approximate surface area is 204 Å². The summed E-state index contributed by atoms with van der Waals surface area (Å²) >= 11 is 0. The van der Waals surface area contributed by atoms with E-state index in [4.69, 9.17) is 0 Å². The molecule has 0 atom stereocenters. The lowest BCUT2D eigenvalue weighted by Gasteiger charge is -2.18. The van der Waals surface area contributed by atoms with E-state index in [1.807, 2.05) is 72.8 Å². The van der Waals surface area contributed by atoms with E-state index >= 15 is 0 Å². The summed E-state index contributed by atoms with van der Waals surface area (Å²) in [6.07, 6.45) is 0. The Balaban J connectivity index is 1.99. The molecule has 36 heavy (non-hydrogen) atoms. The second kappa shape index (κ2) is 8.66. The summed E-state index contributed by atoms with van der Waals surface area (Å²) < 4.78 is 29.1. The molecular formula is C30H12F2N4. The van der Waals surface area contributed by atoms with Crippen molar-refractivity contribution in [1.29, 1.82) is 21.0 Å². The molecule has 0 saturated carbocycles. The van der Waals surface area contributed by atoms with Crippen LogP contribution in [0.5, 0.6) is 0 Å². The molecule has 0 aliphatic carbocycles. The van der Waals surface area contributed by atoms with E-state index in [2.05, 4.69) is 0 Å². The van der Waals surface area contributed by atoms with Crippen molar-refractivity contribution < 1.29 is 8.78 Å². The van der Waals surface area contributed by atoms with Crippen LogP contribution in [0.2, 0.25) is 0 Å². The summed E-state index contributed by atoms with van der Waals surface area (Å²) in [4.78, 5) is 0. The molecule has 0 aromatic heterocycles. The molecule has 0 saturated heterocycles. The van der Waals surface area contributed by atoms with Gasteiger partial charge in [0.15, 0.2) is 11.6 Å². The van der Waals surface area contributed by atoms with Crippen LogP contribution in [-0.2, 0) is 0 Å². The summed E-state index contributed by atoms with van der Waals surface area (Å²) in [5, 5.41) is 40.8. The van der Waals surface area contributed by atoms with Gasteiger partial charge in [-0.05, 0) is 68.1 Å². The highest BCUT2D eigenvalue weighted by atomic mass is 19.1. The first kappa shape index (κ1) is 22.2. The molecule has 0 radical (unpaired) electrons. The van der Waals surface area contributed by atoms with Crippen LogP contribution in [0.25, 0.3) is 43.8 Å². The first-order valence-electron chi connectivity index (χ1n) is 10.7. The van der Waals surface area contributed by atoms with Crippen molar-refractivity contribution in [2.24, 2.45) is 0 Å². The summed E-state index contributed by atoms with van der Waals surface area (Å²) in [5.74, 6) is -1.73. The maximum absolute atomic E-state index is 14.5. The van der Waals surface area contributed by atoms with Crippen LogP contribution in [0.1, 0.15) is 22.3 Å². The lowest BCUT2D eigenvalue weighted by molar-refractivity contribution is 0.620. The van der Waals surface area contributed by atoms with Gasteiger partial charge in [-0.1, -0.05) is 48.5 Å². The minimum Gasteiger partial charge on any atom is -0.204 e. The minimum absolute atomic E-state index is 0.239. The summed E-state index contributed by atoms with van der Waals surface area (Å²) in [6.45, 7) is 0. The zero-order valence-corrected chi connectivity index (χ0v) is 18.5. The molecule has 0 aliphatic heterocycles. The predicted octanol–water partition coefficient (Wildman–Crippen LogP) is 7.09. The van der Waals surface area contributed by atoms with Gasteiger partial charge in [0.2, 0.25) is 0 Å². The molecule has 4 nitrogen and oxygen atoms in total. The van der Waals surface area contributed by atoms with Crippen LogP contribution in [-0.4, -0.2) is 0 Å². The molecule has 6 heteroatoms. The number of hydrogen-bond acceptors (Lipinski definition) is 4.